The van der Waals surface area contributed by atoms with E-state index in [1.165, 1.54) is 29.6 Å². The summed E-state index contributed by atoms with van der Waals surface area (Å²) in [4.78, 5) is 40.5. The van der Waals surface area contributed by atoms with E-state index in [9.17, 15) is 14.4 Å². The number of nitrogens with one attached hydrogen (secondary N) is 1. The number of nitrogens with zero attached hydrogens (tertiary/aromatic N) is 5. The Hall–Kier alpha value is -3.17. The van der Waals surface area contributed by atoms with Crippen LogP contribution in [0.25, 0.3) is 11.2 Å². The molecule has 0 atom stereocenters. The second kappa shape index (κ2) is 5.48. The van der Waals surface area contributed by atoms with E-state index in [-0.39, 0.29) is 23.6 Å². The normalized spacial score (nSPS) is 11.2. The van der Waals surface area contributed by atoms with Crippen LogP contribution >= 0.6 is 0 Å². The number of rotatable bonds is 3. The van der Waals surface area contributed by atoms with Gasteiger partial charge in [0, 0.05) is 19.7 Å². The molecule has 10 heteroatoms. The van der Waals surface area contributed by atoms with Gasteiger partial charge in [0.2, 0.25) is 11.8 Å². The van der Waals surface area contributed by atoms with Gasteiger partial charge in [-0.2, -0.15) is 0 Å². The molecule has 3 aromatic rings. The maximum atomic E-state index is 12.3. The molecule has 0 aliphatic heterocycles. The molecule has 126 valence electrons. The van der Waals surface area contributed by atoms with Gasteiger partial charge in [-0.25, -0.2) is 9.78 Å². The summed E-state index contributed by atoms with van der Waals surface area (Å²) in [5.74, 6) is -0.133. The number of hydrogen-bond donors (Lipinski definition) is 1. The van der Waals surface area contributed by atoms with E-state index in [1.54, 1.807) is 13.8 Å². The summed E-state index contributed by atoms with van der Waals surface area (Å²) < 4.78 is 8.66. The van der Waals surface area contributed by atoms with Crippen molar-refractivity contribution >= 4 is 23.0 Å². The molecule has 0 bridgehead atoms. The number of hydrogen-bond acceptors (Lipinski definition) is 6. The van der Waals surface area contributed by atoms with Crippen LogP contribution in [-0.4, -0.2) is 29.7 Å². The second-order valence-corrected chi connectivity index (χ2v) is 5.52. The highest BCUT2D eigenvalue weighted by molar-refractivity contribution is 5.90. The standard InChI is InChI=1S/C14H16N6O4/c1-7-8(2)17-24-12(7)16-9(21)5-20-6-15-11-10(20)13(22)19(4)14(23)18(11)3/h6H,5H2,1-4H3,(H,16,21). The Labute approximate surface area is 135 Å². The van der Waals surface area contributed by atoms with Crippen molar-refractivity contribution in [2.45, 2.75) is 20.4 Å². The maximum absolute atomic E-state index is 12.3. The number of aryl methyl sites for hydroxylation is 2. The Balaban J connectivity index is 1.96. The smallest absolute Gasteiger partial charge is 0.332 e. The molecule has 3 aromatic heterocycles. The first-order valence-electron chi connectivity index (χ1n) is 7.14. The van der Waals surface area contributed by atoms with Gasteiger partial charge < -0.3 is 9.09 Å². The van der Waals surface area contributed by atoms with Crippen LogP contribution < -0.4 is 16.6 Å². The SMILES string of the molecule is Cc1noc(NC(=O)Cn2cnc3c2c(=O)n(C)c(=O)n3C)c1C. The summed E-state index contributed by atoms with van der Waals surface area (Å²) in [5, 5.41) is 6.36. The number of fused-ring (bicyclic) bond motifs is 1. The molecular formula is C14H16N6O4. The van der Waals surface area contributed by atoms with E-state index < -0.39 is 17.2 Å². The summed E-state index contributed by atoms with van der Waals surface area (Å²) >= 11 is 0. The number of imidazole rings is 1. The minimum absolute atomic E-state index is 0.150. The molecule has 0 spiro atoms. The van der Waals surface area contributed by atoms with Crippen molar-refractivity contribution in [3.05, 3.63) is 38.4 Å². The van der Waals surface area contributed by atoms with Gasteiger partial charge in [0.15, 0.2) is 11.2 Å². The second-order valence-electron chi connectivity index (χ2n) is 5.52. The maximum Gasteiger partial charge on any atom is 0.332 e. The van der Waals surface area contributed by atoms with Crippen molar-refractivity contribution in [3.8, 4) is 0 Å². The minimum Gasteiger partial charge on any atom is -0.338 e. The topological polar surface area (TPSA) is 117 Å². The molecule has 0 aromatic carbocycles. The quantitative estimate of drug-likeness (QED) is 0.702. The largest absolute Gasteiger partial charge is 0.338 e. The fourth-order valence-corrected chi connectivity index (χ4v) is 2.37. The molecule has 0 saturated carbocycles. The Kier molecular flexibility index (Phi) is 3.59. The Morgan fingerprint density at radius 3 is 2.58 bits per heavy atom. The summed E-state index contributed by atoms with van der Waals surface area (Å²) in [6.07, 6.45) is 1.35. The van der Waals surface area contributed by atoms with Gasteiger partial charge in [-0.3, -0.25) is 24.0 Å². The monoisotopic (exact) mass is 332 g/mol. The summed E-state index contributed by atoms with van der Waals surface area (Å²) in [7, 11) is 2.89. The summed E-state index contributed by atoms with van der Waals surface area (Å²) in [6.45, 7) is 3.39. The molecule has 0 aliphatic carbocycles. The third kappa shape index (κ3) is 2.32. The Morgan fingerprint density at radius 1 is 1.25 bits per heavy atom. The zero-order valence-electron chi connectivity index (χ0n) is 13.7. The zero-order valence-corrected chi connectivity index (χ0v) is 13.7. The van der Waals surface area contributed by atoms with E-state index in [0.29, 0.717) is 5.69 Å². The molecular weight excluding hydrogens is 316 g/mol. The molecule has 3 heterocycles. The average molecular weight is 332 g/mol. The lowest BCUT2D eigenvalue weighted by atomic mass is 10.3. The predicted molar refractivity (Wildman–Crippen MR) is 84.8 cm³/mol. The van der Waals surface area contributed by atoms with Gasteiger partial charge in [0.25, 0.3) is 5.56 Å². The number of amides is 1. The molecule has 3 rings (SSSR count). The van der Waals surface area contributed by atoms with Crippen molar-refractivity contribution in [2.24, 2.45) is 14.1 Å². The molecule has 1 amide bonds. The number of anilines is 1. The summed E-state index contributed by atoms with van der Waals surface area (Å²) in [5.41, 5.74) is 0.835. The number of carbonyl (C=O) groups is 1. The van der Waals surface area contributed by atoms with Crippen molar-refractivity contribution in [1.29, 1.82) is 0 Å². The van der Waals surface area contributed by atoms with Gasteiger partial charge >= 0.3 is 5.69 Å². The first-order valence-corrected chi connectivity index (χ1v) is 7.14. The average Bonchev–Trinajstić information content (AvgIpc) is 3.09. The predicted octanol–water partition coefficient (Wildman–Crippen LogP) is -0.323. The van der Waals surface area contributed by atoms with Crippen LogP contribution in [0.15, 0.2) is 20.4 Å². The highest BCUT2D eigenvalue weighted by Crippen LogP contribution is 2.17. The van der Waals surface area contributed by atoms with Crippen molar-refractivity contribution in [2.75, 3.05) is 5.32 Å². The van der Waals surface area contributed by atoms with Crippen molar-refractivity contribution in [3.63, 3.8) is 0 Å². The van der Waals surface area contributed by atoms with Gasteiger partial charge in [0.05, 0.1) is 12.0 Å². The van der Waals surface area contributed by atoms with E-state index in [4.69, 9.17) is 4.52 Å². The fraction of sp³-hybridized carbons (Fsp3) is 0.357. The molecule has 1 N–H and O–H groups in total. The molecule has 0 radical (unpaired) electrons. The Morgan fingerprint density at radius 2 is 1.96 bits per heavy atom. The third-order valence-electron chi connectivity index (χ3n) is 3.94. The van der Waals surface area contributed by atoms with Crippen molar-refractivity contribution < 1.29 is 9.32 Å². The van der Waals surface area contributed by atoms with Crippen LogP contribution in [0.1, 0.15) is 11.3 Å². The number of carbonyl (C=O) groups excluding carboxylic acids is 1. The van der Waals surface area contributed by atoms with E-state index in [0.717, 1.165) is 10.1 Å². The first-order chi connectivity index (χ1) is 11.3. The molecule has 10 nitrogen and oxygen atoms in total. The fourth-order valence-electron chi connectivity index (χ4n) is 2.37. The van der Waals surface area contributed by atoms with Crippen LogP contribution in [0.2, 0.25) is 0 Å². The van der Waals surface area contributed by atoms with E-state index in [2.05, 4.69) is 15.5 Å². The summed E-state index contributed by atoms with van der Waals surface area (Å²) in [6, 6.07) is 0. The van der Waals surface area contributed by atoms with Crippen LogP contribution in [0.4, 0.5) is 5.88 Å². The van der Waals surface area contributed by atoms with Crippen LogP contribution in [0, 0.1) is 13.8 Å². The van der Waals surface area contributed by atoms with Gasteiger partial charge in [-0.1, -0.05) is 5.16 Å². The van der Waals surface area contributed by atoms with E-state index in [1.807, 2.05) is 0 Å². The highest BCUT2D eigenvalue weighted by atomic mass is 16.5. The molecule has 0 saturated heterocycles. The van der Waals surface area contributed by atoms with E-state index >= 15 is 0 Å². The Bertz CT molecular complexity index is 1070. The zero-order chi connectivity index (χ0) is 17.6. The van der Waals surface area contributed by atoms with Crippen LogP contribution in [0.5, 0.6) is 0 Å². The lowest BCUT2D eigenvalue weighted by molar-refractivity contribution is -0.116. The molecule has 0 fully saturated rings. The lowest BCUT2D eigenvalue weighted by Gasteiger charge is -2.06. The first kappa shape index (κ1) is 15.7. The third-order valence-corrected chi connectivity index (χ3v) is 3.94. The van der Waals surface area contributed by atoms with Crippen molar-refractivity contribution in [1.82, 2.24) is 23.8 Å². The lowest BCUT2D eigenvalue weighted by Crippen LogP contribution is -2.37. The highest BCUT2D eigenvalue weighted by Gasteiger charge is 2.17. The van der Waals surface area contributed by atoms with Crippen LogP contribution in [0.3, 0.4) is 0 Å². The van der Waals surface area contributed by atoms with Gasteiger partial charge in [-0.05, 0) is 13.8 Å². The minimum atomic E-state index is -0.509. The van der Waals surface area contributed by atoms with Gasteiger partial charge in [0.1, 0.15) is 6.54 Å². The number of aromatic nitrogens is 5. The molecule has 0 aliphatic rings. The van der Waals surface area contributed by atoms with Gasteiger partial charge in [-0.15, -0.1) is 0 Å². The van der Waals surface area contributed by atoms with Crippen LogP contribution in [-0.2, 0) is 25.4 Å². The molecule has 24 heavy (non-hydrogen) atoms. The molecule has 0 unspecified atom stereocenters.